The fourth-order valence-electron chi connectivity index (χ4n) is 5.69. The third-order valence-corrected chi connectivity index (χ3v) is 22.1. The van der Waals surface area contributed by atoms with Crippen molar-refractivity contribution in [3.8, 4) is 0 Å². The quantitative estimate of drug-likeness (QED) is 0.264. The first-order valence-corrected chi connectivity index (χ1v) is 19.2. The summed E-state index contributed by atoms with van der Waals surface area (Å²) in [6, 6.07) is 9.56. The predicted octanol–water partition coefficient (Wildman–Crippen LogP) is 4.88. The maximum atomic E-state index is 5.94. The molecule has 0 aromatic carbocycles. The van der Waals surface area contributed by atoms with Crippen LogP contribution in [0.2, 0.25) is 42.3 Å². The summed E-state index contributed by atoms with van der Waals surface area (Å²) in [7, 11) is -3.04. The molecule has 0 radical (unpaired) electrons. The molecule has 0 amide bonds. The standard InChI is InChI=1S/C21H50N2O2Si3/c1-9-24-20(25-10-2)19-26-21-22(27(11-3,12-4)13-5)17-18-23(21)28(14-6,15-7)16-8/h20-21H,9-19,26H2,1-8H3. The van der Waals surface area contributed by atoms with Crippen molar-refractivity contribution in [1.82, 2.24) is 9.13 Å². The number of hydrogen-bond donors (Lipinski definition) is 0. The Morgan fingerprint density at radius 1 is 0.714 bits per heavy atom. The van der Waals surface area contributed by atoms with Crippen LogP contribution in [-0.2, 0) is 9.47 Å². The van der Waals surface area contributed by atoms with E-state index in [-0.39, 0.29) is 15.8 Å². The minimum Gasteiger partial charge on any atom is -0.353 e. The smallest absolute Gasteiger partial charge is 0.154 e. The molecule has 0 unspecified atom stereocenters. The largest absolute Gasteiger partial charge is 0.353 e. The normalized spacial score (nSPS) is 18.3. The lowest BCUT2D eigenvalue weighted by molar-refractivity contribution is -0.123. The van der Waals surface area contributed by atoms with Crippen LogP contribution in [0, 0.1) is 0 Å². The molecule has 28 heavy (non-hydrogen) atoms. The van der Waals surface area contributed by atoms with Gasteiger partial charge in [-0.05, 0) is 56.2 Å². The second-order valence-corrected chi connectivity index (χ2v) is 20.5. The van der Waals surface area contributed by atoms with Gasteiger partial charge in [-0.25, -0.2) is 0 Å². The molecule has 0 aromatic rings. The Bertz CT molecular complexity index is 370. The van der Waals surface area contributed by atoms with Crippen molar-refractivity contribution in [2.24, 2.45) is 0 Å². The van der Waals surface area contributed by atoms with Crippen molar-refractivity contribution in [2.45, 2.75) is 110 Å². The third-order valence-electron chi connectivity index (χ3n) is 7.83. The molecule has 0 aromatic heterocycles. The van der Waals surface area contributed by atoms with Crippen molar-refractivity contribution in [1.29, 1.82) is 0 Å². The van der Waals surface area contributed by atoms with Crippen molar-refractivity contribution in [3.05, 3.63) is 0 Å². The van der Waals surface area contributed by atoms with Gasteiger partial charge in [0.05, 0.1) is 9.52 Å². The van der Waals surface area contributed by atoms with Gasteiger partial charge in [0.25, 0.3) is 0 Å². The minimum atomic E-state index is -1.35. The molecule has 1 heterocycles. The SMILES string of the molecule is CCOC(C[SiH2]C1N([Si](CC)(CC)CC)CCN1[Si](CC)(CC)CC)OCC. The van der Waals surface area contributed by atoms with Gasteiger partial charge in [0.15, 0.2) is 6.29 Å². The van der Waals surface area contributed by atoms with E-state index >= 15 is 0 Å². The molecule has 1 aliphatic rings. The van der Waals surface area contributed by atoms with E-state index in [0.717, 1.165) is 25.0 Å². The molecule has 1 rings (SSSR count). The molecular formula is C21H50N2O2Si3. The summed E-state index contributed by atoms with van der Waals surface area (Å²) in [5.74, 6) is 0.751. The summed E-state index contributed by atoms with van der Waals surface area (Å²) in [5, 5.41) is 0. The first-order chi connectivity index (χ1) is 13.5. The van der Waals surface area contributed by atoms with E-state index in [0.29, 0.717) is 0 Å². The molecule has 0 aliphatic carbocycles. The van der Waals surface area contributed by atoms with Gasteiger partial charge in [0, 0.05) is 32.1 Å². The maximum Gasteiger partial charge on any atom is 0.154 e. The zero-order valence-electron chi connectivity index (χ0n) is 20.4. The number of nitrogens with zero attached hydrogens (tertiary/aromatic N) is 2. The van der Waals surface area contributed by atoms with Gasteiger partial charge in [0.2, 0.25) is 0 Å². The zero-order chi connectivity index (χ0) is 21.2. The molecule has 0 atom stereocenters. The third kappa shape index (κ3) is 5.80. The van der Waals surface area contributed by atoms with E-state index in [2.05, 4.69) is 64.5 Å². The summed E-state index contributed by atoms with van der Waals surface area (Å²) >= 11 is 0. The highest BCUT2D eigenvalue weighted by atomic mass is 28.3. The van der Waals surface area contributed by atoms with Gasteiger partial charge in [-0.3, -0.25) is 0 Å². The summed E-state index contributed by atoms with van der Waals surface area (Å²) in [4.78, 5) is 0. The molecule has 4 nitrogen and oxygen atoms in total. The van der Waals surface area contributed by atoms with Gasteiger partial charge in [0.1, 0.15) is 16.5 Å². The van der Waals surface area contributed by atoms with E-state index in [9.17, 15) is 0 Å². The van der Waals surface area contributed by atoms with Crippen molar-refractivity contribution in [3.63, 3.8) is 0 Å². The molecule has 1 aliphatic heterocycles. The van der Waals surface area contributed by atoms with E-state index < -0.39 is 16.5 Å². The van der Waals surface area contributed by atoms with E-state index in [1.807, 2.05) is 0 Å². The van der Waals surface area contributed by atoms with Crippen LogP contribution >= 0.6 is 0 Å². The van der Waals surface area contributed by atoms with Crippen LogP contribution < -0.4 is 0 Å². The van der Waals surface area contributed by atoms with Crippen molar-refractivity contribution in [2.75, 3.05) is 26.3 Å². The molecule has 1 fully saturated rings. The minimum absolute atomic E-state index is 0.0212. The Kier molecular flexibility index (Phi) is 12.3. The van der Waals surface area contributed by atoms with Crippen LogP contribution in [-0.4, -0.2) is 73.5 Å². The Morgan fingerprint density at radius 2 is 1.07 bits per heavy atom. The summed E-state index contributed by atoms with van der Waals surface area (Å²) in [5.41, 5.74) is 0. The van der Waals surface area contributed by atoms with Crippen LogP contribution in [0.5, 0.6) is 0 Å². The number of ether oxygens (including phenoxy) is 2. The Labute approximate surface area is 180 Å². The maximum absolute atomic E-state index is 5.94. The fraction of sp³-hybridized carbons (Fsp3) is 1.00. The second-order valence-electron chi connectivity index (χ2n) is 8.36. The number of hydrogen-bond acceptors (Lipinski definition) is 4. The van der Waals surface area contributed by atoms with Crippen LogP contribution in [0.15, 0.2) is 0 Å². The Hall–Kier alpha value is 0.491. The highest BCUT2D eigenvalue weighted by molar-refractivity contribution is 6.79. The lowest BCUT2D eigenvalue weighted by Gasteiger charge is -2.48. The second kappa shape index (κ2) is 13.0. The average Bonchev–Trinajstić information content (AvgIpc) is 3.15. The first kappa shape index (κ1) is 26.5. The zero-order valence-corrected chi connectivity index (χ0v) is 23.8. The topological polar surface area (TPSA) is 24.9 Å². The van der Waals surface area contributed by atoms with Crippen molar-refractivity contribution >= 4 is 26.0 Å². The Balaban J connectivity index is 3.16. The summed E-state index contributed by atoms with van der Waals surface area (Å²) in [6.07, 6.45) is 0.0212. The molecular weight excluding hydrogens is 397 g/mol. The highest BCUT2D eigenvalue weighted by Crippen LogP contribution is 2.37. The van der Waals surface area contributed by atoms with Gasteiger partial charge >= 0.3 is 0 Å². The van der Waals surface area contributed by atoms with Gasteiger partial charge in [-0.15, -0.1) is 0 Å². The van der Waals surface area contributed by atoms with E-state index in [1.54, 1.807) is 0 Å². The van der Waals surface area contributed by atoms with Gasteiger partial charge < -0.3 is 18.6 Å². The lowest BCUT2D eigenvalue weighted by Crippen LogP contribution is -2.63. The predicted molar refractivity (Wildman–Crippen MR) is 132 cm³/mol. The molecule has 1 saturated heterocycles. The molecule has 168 valence electrons. The average molecular weight is 447 g/mol. The van der Waals surface area contributed by atoms with Crippen LogP contribution in [0.3, 0.4) is 0 Å². The highest BCUT2D eigenvalue weighted by Gasteiger charge is 2.49. The molecule has 0 N–H and O–H groups in total. The van der Waals surface area contributed by atoms with Crippen LogP contribution in [0.25, 0.3) is 0 Å². The Morgan fingerprint density at radius 3 is 1.36 bits per heavy atom. The molecule has 7 heteroatoms. The lowest BCUT2D eigenvalue weighted by atomic mass is 10.7. The molecule has 0 bridgehead atoms. The van der Waals surface area contributed by atoms with Crippen molar-refractivity contribution < 1.29 is 9.47 Å². The van der Waals surface area contributed by atoms with Crippen LogP contribution in [0.4, 0.5) is 0 Å². The first-order valence-electron chi connectivity index (χ1n) is 12.2. The van der Waals surface area contributed by atoms with Gasteiger partial charge in [-0.1, -0.05) is 41.5 Å². The summed E-state index contributed by atoms with van der Waals surface area (Å²) in [6.45, 7) is 23.1. The number of rotatable bonds is 15. The van der Waals surface area contributed by atoms with E-state index in [1.165, 1.54) is 49.4 Å². The monoisotopic (exact) mass is 446 g/mol. The molecule has 0 spiro atoms. The van der Waals surface area contributed by atoms with Gasteiger partial charge in [-0.2, -0.15) is 0 Å². The summed E-state index contributed by atoms with van der Waals surface area (Å²) < 4.78 is 18.1. The molecule has 0 saturated carbocycles. The van der Waals surface area contributed by atoms with E-state index in [4.69, 9.17) is 9.47 Å². The van der Waals surface area contributed by atoms with Crippen LogP contribution in [0.1, 0.15) is 55.4 Å². The fourth-order valence-corrected chi connectivity index (χ4v) is 18.9.